The largest absolute Gasteiger partial charge is 0.496 e. The highest BCUT2D eigenvalue weighted by Gasteiger charge is 2.64. The van der Waals surface area contributed by atoms with Gasteiger partial charge in [-0.15, -0.1) is 0 Å². The molecule has 2 heterocycles. The number of aryl methyl sites for hydroxylation is 1. The first-order valence-electron chi connectivity index (χ1n) is 16.1. The molecule has 2 aromatic carbocycles. The number of nitrogens with one attached hydrogen (secondary N) is 1. The maximum atomic E-state index is 16.5. The molecule has 4 aromatic rings. The van der Waals surface area contributed by atoms with Gasteiger partial charge in [-0.1, -0.05) is 19.6 Å². The van der Waals surface area contributed by atoms with Crippen molar-refractivity contribution in [3.05, 3.63) is 59.0 Å². The molecule has 0 fully saturated rings. The van der Waals surface area contributed by atoms with E-state index >= 15 is 13.2 Å². The molecule has 2 aromatic heterocycles. The summed E-state index contributed by atoms with van der Waals surface area (Å²) in [4.78, 5) is 18.0. The van der Waals surface area contributed by atoms with E-state index in [1.54, 1.807) is 48.5 Å². The molecule has 0 saturated carbocycles. The number of nitrogens with zero attached hydrogens (tertiary/aromatic N) is 4. The number of imidazole rings is 1. The zero-order valence-electron chi connectivity index (χ0n) is 30.5. The SMILES string of the molecule is COc1cc(C)c2c(ccn2C(=O)OC(C)(C)C)c1C(NS(=O)C(C)(C)C)(c1nc2cc(C#N)ccc2n1COCC[Si](C)(C)C)C(F)(F)F. The van der Waals surface area contributed by atoms with Crippen molar-refractivity contribution in [2.24, 2.45) is 0 Å². The lowest BCUT2D eigenvalue weighted by Gasteiger charge is -2.39. The van der Waals surface area contributed by atoms with E-state index in [-0.39, 0.29) is 40.0 Å². The van der Waals surface area contributed by atoms with Gasteiger partial charge >= 0.3 is 12.3 Å². The van der Waals surface area contributed by atoms with Crippen LogP contribution in [0.15, 0.2) is 36.5 Å². The highest BCUT2D eigenvalue weighted by atomic mass is 32.2. The Kier molecular flexibility index (Phi) is 10.8. The number of benzene rings is 2. The summed E-state index contributed by atoms with van der Waals surface area (Å²) in [5.74, 6) is -0.752. The number of methoxy groups -OCH3 is 1. The molecule has 0 aliphatic heterocycles. The van der Waals surface area contributed by atoms with E-state index in [0.29, 0.717) is 12.2 Å². The van der Waals surface area contributed by atoms with E-state index in [4.69, 9.17) is 14.2 Å². The van der Waals surface area contributed by atoms with Crippen molar-refractivity contribution in [2.75, 3.05) is 13.7 Å². The topological polar surface area (TPSA) is 120 Å². The predicted octanol–water partition coefficient (Wildman–Crippen LogP) is 8.13. The van der Waals surface area contributed by atoms with E-state index in [0.717, 1.165) is 10.6 Å². The quantitative estimate of drug-likeness (QED) is 0.129. The zero-order chi connectivity index (χ0) is 37.6. The fourth-order valence-electron chi connectivity index (χ4n) is 5.49. The van der Waals surface area contributed by atoms with Crippen LogP contribution in [-0.4, -0.2) is 62.7 Å². The van der Waals surface area contributed by atoms with Gasteiger partial charge in [0.2, 0.25) is 5.54 Å². The Labute approximate surface area is 294 Å². The van der Waals surface area contributed by atoms with Crippen LogP contribution in [0.4, 0.5) is 18.0 Å². The Morgan fingerprint density at radius 3 is 2.28 bits per heavy atom. The highest BCUT2D eigenvalue weighted by molar-refractivity contribution is 7.84. The van der Waals surface area contributed by atoms with Crippen LogP contribution in [0.5, 0.6) is 5.75 Å². The third-order valence-electron chi connectivity index (χ3n) is 7.96. The summed E-state index contributed by atoms with van der Waals surface area (Å²) >= 11 is 0. The molecule has 0 aliphatic rings. The number of nitriles is 1. The summed E-state index contributed by atoms with van der Waals surface area (Å²) < 4.78 is 84.7. The second kappa shape index (κ2) is 13.8. The van der Waals surface area contributed by atoms with E-state index in [9.17, 15) is 14.3 Å². The minimum atomic E-state index is -5.23. The molecule has 0 bridgehead atoms. The van der Waals surface area contributed by atoms with Gasteiger partial charge in [-0.3, -0.25) is 4.57 Å². The molecule has 50 heavy (non-hydrogen) atoms. The number of carbonyl (C=O) groups is 1. The fourth-order valence-corrected chi connectivity index (χ4v) is 7.14. The van der Waals surface area contributed by atoms with E-state index in [1.165, 1.54) is 48.2 Å². The van der Waals surface area contributed by atoms with E-state index in [2.05, 4.69) is 29.3 Å². The molecule has 0 amide bonds. The molecule has 272 valence electrons. The molecule has 4 rings (SSSR count). The first kappa shape index (κ1) is 39.1. The van der Waals surface area contributed by atoms with Crippen molar-refractivity contribution in [2.45, 2.75) is 103 Å². The summed E-state index contributed by atoms with van der Waals surface area (Å²) in [5, 5.41) is 9.63. The Hall–Kier alpha value is -3.71. The summed E-state index contributed by atoms with van der Waals surface area (Å²) in [6.45, 7) is 17.8. The number of alkyl halides is 3. The van der Waals surface area contributed by atoms with Gasteiger partial charge in [0.1, 0.15) is 23.9 Å². The molecular formula is C35H46F3N5O5SSi. The van der Waals surface area contributed by atoms with Crippen molar-refractivity contribution in [1.82, 2.24) is 18.8 Å². The fraction of sp³-hybridized carbons (Fsp3) is 0.514. The van der Waals surface area contributed by atoms with E-state index < -0.39 is 58.6 Å². The smallest absolute Gasteiger partial charge is 0.419 e. The Morgan fingerprint density at radius 2 is 1.74 bits per heavy atom. The lowest BCUT2D eigenvalue weighted by Crippen LogP contribution is -2.59. The third-order valence-corrected chi connectivity index (χ3v) is 11.3. The van der Waals surface area contributed by atoms with Crippen LogP contribution in [0, 0.1) is 18.3 Å². The molecule has 0 spiro atoms. The molecule has 0 radical (unpaired) electrons. The molecule has 0 aliphatic carbocycles. The molecular weight excluding hydrogens is 688 g/mol. The Balaban J connectivity index is 2.20. The molecule has 15 heteroatoms. The molecule has 0 saturated heterocycles. The van der Waals surface area contributed by atoms with Gasteiger partial charge in [-0.25, -0.2) is 18.7 Å². The number of carbonyl (C=O) groups excluding carboxylic acids is 1. The number of rotatable bonds is 10. The number of hydrogen-bond donors (Lipinski definition) is 1. The zero-order valence-corrected chi connectivity index (χ0v) is 32.3. The van der Waals surface area contributed by atoms with Crippen LogP contribution in [0.2, 0.25) is 25.7 Å². The van der Waals surface area contributed by atoms with Gasteiger partial charge in [-0.05, 0) is 90.4 Å². The lowest BCUT2D eigenvalue weighted by molar-refractivity contribution is -0.184. The van der Waals surface area contributed by atoms with Crippen molar-refractivity contribution in [3.8, 4) is 11.8 Å². The number of halogens is 3. The van der Waals surface area contributed by atoms with Crippen LogP contribution in [0.25, 0.3) is 21.9 Å². The van der Waals surface area contributed by atoms with Crippen LogP contribution in [0.1, 0.15) is 64.1 Å². The first-order valence-corrected chi connectivity index (χ1v) is 21.0. The number of ether oxygens (including phenoxy) is 3. The normalized spacial score (nSPS) is 14.8. The molecule has 1 N–H and O–H groups in total. The second-order valence-electron chi connectivity index (χ2n) is 15.5. The van der Waals surface area contributed by atoms with Crippen molar-refractivity contribution in [3.63, 3.8) is 0 Å². The Bertz CT molecular complexity index is 1980. The van der Waals surface area contributed by atoms with Gasteiger partial charge < -0.3 is 18.8 Å². The minimum Gasteiger partial charge on any atom is -0.496 e. The molecule has 2 atom stereocenters. The summed E-state index contributed by atoms with van der Waals surface area (Å²) in [6.07, 6.45) is -4.67. The lowest BCUT2D eigenvalue weighted by atomic mass is 9.84. The van der Waals surface area contributed by atoms with E-state index in [1.807, 2.05) is 6.07 Å². The monoisotopic (exact) mass is 733 g/mol. The van der Waals surface area contributed by atoms with Gasteiger partial charge in [0.25, 0.3) is 0 Å². The second-order valence-corrected chi connectivity index (χ2v) is 23.0. The van der Waals surface area contributed by atoms with Gasteiger partial charge in [0.05, 0.1) is 51.0 Å². The number of aromatic nitrogens is 3. The highest BCUT2D eigenvalue weighted by Crippen LogP contribution is 2.51. The predicted molar refractivity (Wildman–Crippen MR) is 191 cm³/mol. The van der Waals surface area contributed by atoms with Gasteiger partial charge in [-0.2, -0.15) is 18.4 Å². The van der Waals surface area contributed by atoms with Crippen LogP contribution in [0.3, 0.4) is 0 Å². The summed E-state index contributed by atoms with van der Waals surface area (Å²) in [5.41, 5.74) is -3.49. The number of fused-ring (bicyclic) bond motifs is 2. The van der Waals surface area contributed by atoms with Crippen molar-refractivity contribution < 1.29 is 36.4 Å². The van der Waals surface area contributed by atoms with Gasteiger partial charge in [0, 0.05) is 31.8 Å². The summed E-state index contributed by atoms with van der Waals surface area (Å²) in [7, 11) is -2.67. The van der Waals surface area contributed by atoms with Gasteiger partial charge in [0.15, 0.2) is 0 Å². The Morgan fingerprint density at radius 1 is 1.08 bits per heavy atom. The van der Waals surface area contributed by atoms with Crippen molar-refractivity contribution >= 4 is 47.1 Å². The minimum absolute atomic E-state index is 0.000542. The average Bonchev–Trinajstić information content (AvgIpc) is 3.58. The maximum absolute atomic E-state index is 16.5. The molecule has 10 nitrogen and oxygen atoms in total. The average molecular weight is 734 g/mol. The molecule has 2 unspecified atom stereocenters. The first-order chi connectivity index (χ1) is 22.9. The number of hydrogen-bond acceptors (Lipinski definition) is 7. The standard InChI is InChI=1S/C35H46F3N5O5SSi/c1-22-18-27(46-8)28(24-14-15-42(29(22)24)31(44)48-32(2,3)4)34(35(36,37)38,41-49(45)33(5,6)7)30-40-25-19-23(20-39)12-13-26(25)43(30)21-47-16-17-50(9,10)11/h12-15,18-19,41H,16-17,21H2,1-11H3. The van der Waals surface area contributed by atoms with Crippen LogP contribution < -0.4 is 9.46 Å². The maximum Gasteiger partial charge on any atom is 0.419 e. The van der Waals surface area contributed by atoms with Crippen molar-refractivity contribution in [1.29, 1.82) is 5.26 Å². The third kappa shape index (κ3) is 7.78. The van der Waals surface area contributed by atoms with Crippen LogP contribution >= 0.6 is 0 Å². The summed E-state index contributed by atoms with van der Waals surface area (Å²) in [6, 6.07) is 9.99. The van der Waals surface area contributed by atoms with Crippen LogP contribution in [-0.2, 0) is 32.7 Å².